The zero-order valence-corrected chi connectivity index (χ0v) is 9.89. The molecule has 0 aliphatic carbocycles. The van der Waals surface area contributed by atoms with Gasteiger partial charge in [0.1, 0.15) is 7.80 Å². The van der Waals surface area contributed by atoms with E-state index in [1.807, 2.05) is 48.5 Å². The molecule has 0 bridgehead atoms. The molecular weight excluding hydrogens is 217 g/mol. The van der Waals surface area contributed by atoms with Crippen molar-refractivity contribution in [2.75, 3.05) is 5.73 Å². The first kappa shape index (κ1) is 11.0. The molecule has 0 radical (unpaired) electrons. The zero-order valence-electron chi connectivity index (χ0n) is 8.89. The van der Waals surface area contributed by atoms with Crippen molar-refractivity contribution in [2.45, 2.75) is 6.16 Å². The van der Waals surface area contributed by atoms with Gasteiger partial charge in [0.2, 0.25) is 0 Å². The minimum atomic E-state index is -1.82. The van der Waals surface area contributed by atoms with E-state index in [0.29, 0.717) is 11.8 Å². The van der Waals surface area contributed by atoms with Crippen LogP contribution in [0.15, 0.2) is 54.6 Å². The molecule has 0 aliphatic heterocycles. The predicted molar refractivity (Wildman–Crippen MR) is 69.6 cm³/mol. The summed E-state index contributed by atoms with van der Waals surface area (Å²) in [5.74, 6) is 0. The van der Waals surface area contributed by atoms with Crippen LogP contribution < -0.4 is 11.0 Å². The van der Waals surface area contributed by atoms with E-state index in [4.69, 9.17) is 5.73 Å². The van der Waals surface area contributed by atoms with Gasteiger partial charge in [-0.2, -0.15) is 0 Å². The third-order valence-corrected chi connectivity index (χ3v) is 4.25. The zero-order chi connectivity index (χ0) is 11.4. The summed E-state index contributed by atoms with van der Waals surface area (Å²) in [4.78, 5) is 0. The van der Waals surface area contributed by atoms with Gasteiger partial charge in [0, 0.05) is 17.2 Å². The summed E-state index contributed by atoms with van der Waals surface area (Å²) in [7, 11) is -1.82. The third kappa shape index (κ3) is 2.53. The van der Waals surface area contributed by atoms with Gasteiger partial charge in [-0.05, 0) is 17.7 Å². The van der Waals surface area contributed by atoms with E-state index in [9.17, 15) is 4.57 Å². The Hall–Kier alpha value is -1.53. The van der Waals surface area contributed by atoms with E-state index < -0.39 is 7.80 Å². The predicted octanol–water partition coefficient (Wildman–Crippen LogP) is 2.65. The number of rotatable bonds is 3. The van der Waals surface area contributed by atoms with Crippen LogP contribution in [0, 0.1) is 0 Å². The fourth-order valence-corrected chi connectivity index (χ4v) is 3.11. The number of nitrogen functional groups attached to an aromatic ring is 1. The highest BCUT2D eigenvalue weighted by Crippen LogP contribution is 2.28. The molecule has 2 N–H and O–H groups in total. The smallest absolute Gasteiger partial charge is 0.110 e. The van der Waals surface area contributed by atoms with Crippen LogP contribution in [-0.2, 0) is 10.7 Å². The van der Waals surface area contributed by atoms with Crippen molar-refractivity contribution >= 4 is 18.8 Å². The molecule has 0 saturated heterocycles. The van der Waals surface area contributed by atoms with Gasteiger partial charge < -0.3 is 10.3 Å². The van der Waals surface area contributed by atoms with E-state index in [2.05, 4.69) is 0 Å². The number of para-hydroxylation sites is 1. The number of anilines is 1. The molecule has 3 heteroatoms. The van der Waals surface area contributed by atoms with E-state index in [1.165, 1.54) is 0 Å². The van der Waals surface area contributed by atoms with Crippen molar-refractivity contribution in [3.05, 3.63) is 60.2 Å². The van der Waals surface area contributed by atoms with Gasteiger partial charge in [-0.3, -0.25) is 0 Å². The van der Waals surface area contributed by atoms with E-state index >= 15 is 0 Å². The van der Waals surface area contributed by atoms with Gasteiger partial charge in [-0.1, -0.05) is 42.5 Å². The first-order valence-corrected chi connectivity index (χ1v) is 6.80. The van der Waals surface area contributed by atoms with Gasteiger partial charge in [0.15, 0.2) is 0 Å². The number of benzene rings is 2. The minimum Gasteiger partial charge on any atom is -0.398 e. The molecule has 1 unspecified atom stereocenters. The van der Waals surface area contributed by atoms with Crippen molar-refractivity contribution in [3.8, 4) is 0 Å². The quantitative estimate of drug-likeness (QED) is 0.651. The number of hydrogen-bond donors (Lipinski definition) is 1. The van der Waals surface area contributed by atoms with Gasteiger partial charge in [0.05, 0.1) is 0 Å². The average molecular weight is 231 g/mol. The SMILES string of the molecule is Nc1ccccc1[PH](=O)Cc1ccccc1. The summed E-state index contributed by atoms with van der Waals surface area (Å²) in [6.45, 7) is 0. The van der Waals surface area contributed by atoms with Crippen LogP contribution in [0.3, 0.4) is 0 Å². The summed E-state index contributed by atoms with van der Waals surface area (Å²) >= 11 is 0. The molecule has 0 saturated carbocycles. The molecule has 82 valence electrons. The van der Waals surface area contributed by atoms with E-state index in [-0.39, 0.29) is 0 Å². The summed E-state index contributed by atoms with van der Waals surface area (Å²) in [6.07, 6.45) is 0.583. The molecule has 16 heavy (non-hydrogen) atoms. The van der Waals surface area contributed by atoms with Crippen LogP contribution in [0.1, 0.15) is 5.56 Å². The molecule has 0 aromatic heterocycles. The molecule has 2 nitrogen and oxygen atoms in total. The van der Waals surface area contributed by atoms with E-state index in [0.717, 1.165) is 10.9 Å². The topological polar surface area (TPSA) is 43.1 Å². The van der Waals surface area contributed by atoms with Crippen molar-refractivity contribution in [1.82, 2.24) is 0 Å². The molecule has 0 spiro atoms. The number of nitrogens with two attached hydrogens (primary N) is 1. The highest BCUT2D eigenvalue weighted by atomic mass is 31.1. The summed E-state index contributed by atoms with van der Waals surface area (Å²) in [5, 5.41) is 0.788. The lowest BCUT2D eigenvalue weighted by Gasteiger charge is -2.05. The maximum Gasteiger partial charge on any atom is 0.110 e. The normalized spacial score (nSPS) is 12.2. The second kappa shape index (κ2) is 5.00. The molecule has 0 heterocycles. The van der Waals surface area contributed by atoms with Crippen molar-refractivity contribution in [3.63, 3.8) is 0 Å². The van der Waals surface area contributed by atoms with Crippen LogP contribution in [0.25, 0.3) is 0 Å². The van der Waals surface area contributed by atoms with Crippen molar-refractivity contribution in [1.29, 1.82) is 0 Å². The first-order chi connectivity index (χ1) is 7.77. The molecule has 0 amide bonds. The Bertz CT molecular complexity index is 496. The molecule has 2 aromatic carbocycles. The molecule has 0 fully saturated rings. The largest absolute Gasteiger partial charge is 0.398 e. The second-order valence-corrected chi connectivity index (χ2v) is 5.41. The molecular formula is C13H14NOP. The average Bonchev–Trinajstić information content (AvgIpc) is 2.31. The fraction of sp³-hybridized carbons (Fsp3) is 0.0769. The van der Waals surface area contributed by atoms with Gasteiger partial charge in [0.25, 0.3) is 0 Å². The Balaban J connectivity index is 2.19. The Morgan fingerprint density at radius 3 is 2.25 bits per heavy atom. The van der Waals surface area contributed by atoms with E-state index in [1.54, 1.807) is 6.07 Å². The van der Waals surface area contributed by atoms with Crippen LogP contribution in [0.5, 0.6) is 0 Å². The van der Waals surface area contributed by atoms with Gasteiger partial charge in [-0.15, -0.1) is 0 Å². The lowest BCUT2D eigenvalue weighted by molar-refractivity contribution is 0.593. The van der Waals surface area contributed by atoms with Crippen LogP contribution in [0.2, 0.25) is 0 Å². The number of hydrogen-bond acceptors (Lipinski definition) is 2. The molecule has 0 aliphatic rings. The second-order valence-electron chi connectivity index (χ2n) is 3.67. The maximum atomic E-state index is 12.1. The van der Waals surface area contributed by atoms with Crippen LogP contribution in [0.4, 0.5) is 5.69 Å². The molecule has 1 atom stereocenters. The Morgan fingerprint density at radius 2 is 1.56 bits per heavy atom. The molecule has 2 rings (SSSR count). The van der Waals surface area contributed by atoms with Crippen molar-refractivity contribution in [2.24, 2.45) is 0 Å². The van der Waals surface area contributed by atoms with Crippen molar-refractivity contribution < 1.29 is 4.57 Å². The third-order valence-electron chi connectivity index (χ3n) is 2.47. The Morgan fingerprint density at radius 1 is 0.938 bits per heavy atom. The summed E-state index contributed by atoms with van der Waals surface area (Å²) in [6, 6.07) is 17.2. The van der Waals surface area contributed by atoms with Gasteiger partial charge >= 0.3 is 0 Å². The molecule has 2 aromatic rings. The Kier molecular flexibility index (Phi) is 3.43. The van der Waals surface area contributed by atoms with Crippen LogP contribution >= 0.6 is 7.80 Å². The Labute approximate surface area is 95.9 Å². The monoisotopic (exact) mass is 231 g/mol. The van der Waals surface area contributed by atoms with Crippen LogP contribution in [-0.4, -0.2) is 0 Å². The summed E-state index contributed by atoms with van der Waals surface area (Å²) < 4.78 is 12.1. The standard InChI is InChI=1S/C13H14NOP/c14-12-8-4-5-9-13(12)16(15)10-11-6-2-1-3-7-11/h1-9,16H,10,14H2. The maximum absolute atomic E-state index is 12.1. The first-order valence-electron chi connectivity index (χ1n) is 5.19. The minimum absolute atomic E-state index is 0.583. The highest BCUT2D eigenvalue weighted by Gasteiger charge is 2.07. The highest BCUT2D eigenvalue weighted by molar-refractivity contribution is 7.53. The lowest BCUT2D eigenvalue weighted by atomic mass is 10.2. The lowest BCUT2D eigenvalue weighted by Crippen LogP contribution is -2.04. The summed E-state index contributed by atoms with van der Waals surface area (Å²) in [5.41, 5.74) is 7.52. The van der Waals surface area contributed by atoms with Gasteiger partial charge in [-0.25, -0.2) is 0 Å². The fourth-order valence-electron chi connectivity index (χ4n) is 1.63.